The molecule has 1 amide bonds. The monoisotopic (exact) mass is 291 g/mol. The first-order valence-corrected chi connectivity index (χ1v) is 7.44. The van der Waals surface area contributed by atoms with Crippen LogP contribution in [0.3, 0.4) is 0 Å². The predicted molar refractivity (Wildman–Crippen MR) is 80.2 cm³/mol. The number of carbonyl (C=O) groups excluding carboxylic acids is 1. The lowest BCUT2D eigenvalue weighted by Gasteiger charge is -2.25. The molecule has 0 N–H and O–H groups in total. The molecule has 1 aromatic rings. The minimum absolute atomic E-state index is 0.0768. The van der Waals surface area contributed by atoms with E-state index in [0.717, 1.165) is 25.0 Å². The van der Waals surface area contributed by atoms with E-state index in [4.69, 9.17) is 4.74 Å². The number of amides is 1. The maximum Gasteiger partial charge on any atom is 0.226 e. The number of hydrogen-bond donors (Lipinski definition) is 0. The molecule has 0 aromatic heterocycles. The highest BCUT2D eigenvalue weighted by Gasteiger charge is 2.22. The van der Waals surface area contributed by atoms with Gasteiger partial charge in [-0.05, 0) is 37.5 Å². The van der Waals surface area contributed by atoms with Crippen molar-refractivity contribution in [3.63, 3.8) is 0 Å². The summed E-state index contributed by atoms with van der Waals surface area (Å²) in [7, 11) is 0. The first kappa shape index (κ1) is 15.7. The number of rotatable bonds is 6. The summed E-state index contributed by atoms with van der Waals surface area (Å²) in [6, 6.07) is 6.30. The molecule has 1 fully saturated rings. The Labute approximate surface area is 125 Å². The highest BCUT2D eigenvalue weighted by atomic mass is 19.1. The molecule has 0 bridgehead atoms. The fourth-order valence-corrected chi connectivity index (χ4v) is 2.45. The highest BCUT2D eigenvalue weighted by molar-refractivity contribution is 5.77. The maximum atomic E-state index is 13.0. The third kappa shape index (κ3) is 4.97. The van der Waals surface area contributed by atoms with E-state index in [1.807, 2.05) is 24.0 Å². The number of nitrogens with zero attached hydrogens (tertiary/aromatic N) is 1. The van der Waals surface area contributed by atoms with Gasteiger partial charge in [0, 0.05) is 26.1 Å². The molecular formula is C17H22FNO2. The van der Waals surface area contributed by atoms with E-state index in [9.17, 15) is 9.18 Å². The molecule has 21 heavy (non-hydrogen) atoms. The third-order valence-corrected chi connectivity index (χ3v) is 3.62. The average Bonchev–Trinajstić information content (AvgIpc) is 2.99. The molecule has 0 saturated carbocycles. The summed E-state index contributed by atoms with van der Waals surface area (Å²) in [6.45, 7) is 3.78. The molecule has 1 saturated heterocycles. The van der Waals surface area contributed by atoms with Crippen molar-refractivity contribution in [2.75, 3.05) is 13.2 Å². The van der Waals surface area contributed by atoms with Crippen molar-refractivity contribution in [3.8, 4) is 0 Å². The van der Waals surface area contributed by atoms with Crippen molar-refractivity contribution in [1.82, 2.24) is 4.90 Å². The number of halogens is 1. The zero-order valence-electron chi connectivity index (χ0n) is 12.4. The van der Waals surface area contributed by atoms with E-state index in [0.29, 0.717) is 19.5 Å². The van der Waals surface area contributed by atoms with Gasteiger partial charge in [-0.15, -0.1) is 0 Å². The molecule has 4 heteroatoms. The summed E-state index contributed by atoms with van der Waals surface area (Å²) in [6.07, 6.45) is 6.30. The summed E-state index contributed by atoms with van der Waals surface area (Å²) in [5.74, 6) is -0.183. The quantitative estimate of drug-likeness (QED) is 0.753. The fourth-order valence-electron chi connectivity index (χ4n) is 2.45. The van der Waals surface area contributed by atoms with Crippen LogP contribution in [0.15, 0.2) is 36.4 Å². The number of allylic oxidation sites excluding steroid dienone is 1. The normalized spacial score (nSPS) is 18.3. The molecule has 0 aliphatic carbocycles. The Kier molecular flexibility index (Phi) is 5.93. The summed E-state index contributed by atoms with van der Waals surface area (Å²) in [5.41, 5.74) is 0.934. The molecule has 0 spiro atoms. The van der Waals surface area contributed by atoms with Crippen LogP contribution in [-0.4, -0.2) is 30.1 Å². The van der Waals surface area contributed by atoms with E-state index in [2.05, 4.69) is 0 Å². The van der Waals surface area contributed by atoms with Crippen LogP contribution in [0.2, 0.25) is 0 Å². The van der Waals surface area contributed by atoms with Gasteiger partial charge in [-0.2, -0.15) is 0 Å². The lowest BCUT2D eigenvalue weighted by molar-refractivity contribution is -0.132. The Balaban J connectivity index is 2.02. The van der Waals surface area contributed by atoms with Crippen LogP contribution in [-0.2, 0) is 16.1 Å². The van der Waals surface area contributed by atoms with Crippen LogP contribution in [0, 0.1) is 5.82 Å². The van der Waals surface area contributed by atoms with E-state index in [1.54, 1.807) is 12.1 Å². The van der Waals surface area contributed by atoms with Gasteiger partial charge in [0.15, 0.2) is 0 Å². The Morgan fingerprint density at radius 3 is 2.81 bits per heavy atom. The van der Waals surface area contributed by atoms with Crippen molar-refractivity contribution < 1.29 is 13.9 Å². The van der Waals surface area contributed by atoms with Crippen molar-refractivity contribution in [1.29, 1.82) is 0 Å². The lowest BCUT2D eigenvalue weighted by atomic mass is 10.1. The van der Waals surface area contributed by atoms with Gasteiger partial charge >= 0.3 is 0 Å². The largest absolute Gasteiger partial charge is 0.376 e. The smallest absolute Gasteiger partial charge is 0.226 e. The predicted octanol–water partition coefficient (Wildman–Crippen LogP) is 3.30. The molecule has 114 valence electrons. The number of benzene rings is 1. The van der Waals surface area contributed by atoms with Crippen molar-refractivity contribution in [3.05, 3.63) is 47.8 Å². The number of carbonyl (C=O) groups is 1. The Morgan fingerprint density at radius 2 is 2.19 bits per heavy atom. The van der Waals surface area contributed by atoms with Crippen LogP contribution >= 0.6 is 0 Å². The minimum atomic E-state index is -0.260. The van der Waals surface area contributed by atoms with E-state index < -0.39 is 0 Å². The van der Waals surface area contributed by atoms with Crippen LogP contribution in [0.25, 0.3) is 0 Å². The van der Waals surface area contributed by atoms with E-state index in [1.165, 1.54) is 12.1 Å². The Bertz CT molecular complexity index is 478. The summed E-state index contributed by atoms with van der Waals surface area (Å²) < 4.78 is 18.6. The van der Waals surface area contributed by atoms with Crippen LogP contribution in [0.4, 0.5) is 4.39 Å². The van der Waals surface area contributed by atoms with Gasteiger partial charge in [-0.1, -0.05) is 24.3 Å². The van der Waals surface area contributed by atoms with Gasteiger partial charge in [0.2, 0.25) is 5.91 Å². The minimum Gasteiger partial charge on any atom is -0.376 e. The molecule has 0 radical (unpaired) electrons. The van der Waals surface area contributed by atoms with Gasteiger partial charge in [0.1, 0.15) is 5.82 Å². The summed E-state index contributed by atoms with van der Waals surface area (Å²) >= 11 is 0. The van der Waals surface area contributed by atoms with Gasteiger partial charge < -0.3 is 9.64 Å². The zero-order chi connectivity index (χ0) is 15.1. The molecular weight excluding hydrogens is 269 g/mol. The van der Waals surface area contributed by atoms with E-state index >= 15 is 0 Å². The summed E-state index contributed by atoms with van der Waals surface area (Å²) in [5, 5.41) is 0. The first-order chi connectivity index (χ1) is 10.2. The van der Waals surface area contributed by atoms with Crippen LogP contribution in [0.1, 0.15) is 31.7 Å². The number of hydrogen-bond acceptors (Lipinski definition) is 2. The highest BCUT2D eigenvalue weighted by Crippen LogP contribution is 2.16. The molecule has 1 aromatic carbocycles. The van der Waals surface area contributed by atoms with Gasteiger partial charge in [-0.25, -0.2) is 4.39 Å². The van der Waals surface area contributed by atoms with Gasteiger partial charge in [0.25, 0.3) is 0 Å². The Morgan fingerprint density at radius 1 is 1.43 bits per heavy atom. The second kappa shape index (κ2) is 7.93. The molecule has 3 nitrogen and oxygen atoms in total. The second-order valence-electron chi connectivity index (χ2n) is 5.31. The molecule has 1 aliphatic rings. The molecule has 1 atom stereocenters. The maximum absolute atomic E-state index is 13.0. The molecule has 1 aliphatic heterocycles. The molecule has 2 rings (SSSR count). The lowest BCUT2D eigenvalue weighted by Crippen LogP contribution is -2.36. The fraction of sp³-hybridized carbons (Fsp3) is 0.471. The zero-order valence-corrected chi connectivity index (χ0v) is 12.4. The van der Waals surface area contributed by atoms with Crippen LogP contribution < -0.4 is 0 Å². The Hall–Kier alpha value is -1.68. The standard InChI is InChI=1S/C17H22FNO2/c1-2-3-6-17(20)19(13-16-5-4-11-21-16)12-14-7-9-15(18)10-8-14/h2-3,7-10,16H,4-6,11-13H2,1H3/b3-2+/t16-/m1/s1. The topological polar surface area (TPSA) is 29.5 Å². The first-order valence-electron chi connectivity index (χ1n) is 7.44. The SMILES string of the molecule is C/C=C/CC(=O)N(Cc1ccc(F)cc1)C[C@H]1CCCO1. The third-order valence-electron chi connectivity index (χ3n) is 3.62. The molecule has 1 heterocycles. The van der Waals surface area contributed by atoms with Gasteiger partial charge in [0.05, 0.1) is 6.10 Å². The van der Waals surface area contributed by atoms with E-state index in [-0.39, 0.29) is 17.8 Å². The van der Waals surface area contributed by atoms with Crippen LogP contribution in [0.5, 0.6) is 0 Å². The van der Waals surface area contributed by atoms with Crippen molar-refractivity contribution in [2.24, 2.45) is 0 Å². The van der Waals surface area contributed by atoms with Crippen molar-refractivity contribution in [2.45, 2.75) is 38.8 Å². The summed E-state index contributed by atoms with van der Waals surface area (Å²) in [4.78, 5) is 14.1. The van der Waals surface area contributed by atoms with Crippen molar-refractivity contribution >= 4 is 5.91 Å². The second-order valence-corrected chi connectivity index (χ2v) is 5.31. The average molecular weight is 291 g/mol. The molecule has 0 unspecified atom stereocenters. The number of ether oxygens (including phenoxy) is 1. The van der Waals surface area contributed by atoms with Gasteiger partial charge in [-0.3, -0.25) is 4.79 Å².